The summed E-state index contributed by atoms with van der Waals surface area (Å²) in [4.78, 5) is 82.1. The van der Waals surface area contributed by atoms with E-state index < -0.39 is 0 Å². The summed E-state index contributed by atoms with van der Waals surface area (Å²) in [7, 11) is 0. The van der Waals surface area contributed by atoms with Crippen molar-refractivity contribution >= 4 is 155 Å². The van der Waals surface area contributed by atoms with Crippen LogP contribution in [0.25, 0.3) is 81.0 Å². The standard InChI is InChI=1S/C110H157N3O4S7/c1-17-31-40-42-51-79(49-38-24-8)70-111-99(90-62-53-72(15)118-90)95-96(108(111)115)100(112(107(95)114)71-80(50-39-25-9)52-43-41-32-18-2)91-64-63-89(120-91)92-66-86-83(60-56-76(28-12)46-35-21-5)104-88(84(102(86)121-92)61-57-77(29-13)47-36-22-6)68-94(123-104)106-98-97(109(116)113(110(98)117)69-78(30-14)48-37-23-7)105(124-106)93-67-87-82(59-55-75(27-11)45-34-20-4)101-85(65-73(16)119-101)81(103(87)122-93)58-54-74(26-10)44-33-19-3/h53,62-68,74-80H,17-52,54-61,69-71H2,1-16H3. The first-order chi connectivity index (χ1) is 60.4. The second kappa shape index (κ2) is 48.2. The summed E-state index contributed by atoms with van der Waals surface area (Å²) in [6.45, 7) is 38.8. The number of rotatable bonds is 59. The molecule has 0 radical (unpaired) electrons. The molecule has 0 spiro atoms. The molecule has 678 valence electrons. The zero-order valence-corrected chi connectivity index (χ0v) is 85.4. The first-order valence-corrected chi connectivity index (χ1v) is 56.4. The number of carbonyl (C=O) groups is 4. The SMILES string of the molecule is CCCCCCC(CCCC)CN1C(=O)C2=C(c3ccc(-c4cc5c(CCC(CC)CCCC)c6sc(-c7sc(-c8cc9c(CCC(CC)CCCC)c%10sc(C)cc%10c(CCC(CC)CCCC)c9s8)c8c7C(=O)N(CC(CC)CCCC)C8=O)cc6c(CCC(CC)CCCC)c5s4)s3)N(CC(CCCC)CCCCCC)C(=O)C2=C1c1ccc(C)s1. The molecule has 10 heterocycles. The summed E-state index contributed by atoms with van der Waals surface area (Å²) in [5.41, 5.74) is 10.1. The van der Waals surface area contributed by atoms with Crippen LogP contribution in [0, 0.1) is 55.3 Å². The molecule has 124 heavy (non-hydrogen) atoms. The highest BCUT2D eigenvalue weighted by molar-refractivity contribution is 7.31. The summed E-state index contributed by atoms with van der Waals surface area (Å²) >= 11 is 13.1. The van der Waals surface area contributed by atoms with Crippen LogP contribution in [0.5, 0.6) is 0 Å². The summed E-state index contributed by atoms with van der Waals surface area (Å²) in [6.07, 6.45) is 50.4. The van der Waals surface area contributed by atoms with E-state index in [0.29, 0.717) is 77.4 Å². The number of nitrogens with zero attached hydrogens (tertiary/aromatic N) is 3. The first kappa shape index (κ1) is 98.0. The summed E-state index contributed by atoms with van der Waals surface area (Å²) in [6, 6.07) is 19.1. The van der Waals surface area contributed by atoms with Gasteiger partial charge in [0.2, 0.25) is 0 Å². The second-order valence-electron chi connectivity index (χ2n) is 38.1. The molecule has 0 bridgehead atoms. The van der Waals surface area contributed by atoms with E-state index in [2.05, 4.69) is 169 Å². The van der Waals surface area contributed by atoms with Gasteiger partial charge in [0.05, 0.1) is 53.2 Å². The zero-order chi connectivity index (χ0) is 88.1. The number of hydrogen-bond acceptors (Lipinski definition) is 11. The molecular weight excluding hydrogens is 1650 g/mol. The lowest BCUT2D eigenvalue weighted by molar-refractivity contribution is -0.124. The molecule has 7 unspecified atom stereocenters. The van der Waals surface area contributed by atoms with E-state index in [9.17, 15) is 0 Å². The second-order valence-corrected chi connectivity index (χ2v) is 45.9. The van der Waals surface area contributed by atoms with Crippen LogP contribution in [0.2, 0.25) is 0 Å². The van der Waals surface area contributed by atoms with E-state index in [-0.39, 0.29) is 29.5 Å². The van der Waals surface area contributed by atoms with Gasteiger partial charge in [-0.25, -0.2) is 0 Å². The zero-order valence-electron chi connectivity index (χ0n) is 79.7. The van der Waals surface area contributed by atoms with Crippen molar-refractivity contribution in [3.63, 3.8) is 0 Å². The summed E-state index contributed by atoms with van der Waals surface area (Å²) in [5, 5.41) is 5.52. The molecule has 0 saturated heterocycles. The van der Waals surface area contributed by atoms with Gasteiger partial charge in [-0.1, -0.05) is 296 Å². The highest BCUT2D eigenvalue weighted by atomic mass is 32.1. The van der Waals surface area contributed by atoms with E-state index in [1.807, 2.05) is 45.3 Å². The lowest BCUT2D eigenvalue weighted by Gasteiger charge is -2.29. The fourth-order valence-electron chi connectivity index (χ4n) is 21.1. The maximum Gasteiger partial charge on any atom is 0.263 e. The molecule has 7 nitrogen and oxygen atoms in total. The number of amides is 4. The van der Waals surface area contributed by atoms with Crippen LogP contribution in [0.4, 0.5) is 0 Å². The van der Waals surface area contributed by atoms with E-state index in [1.54, 1.807) is 38.9 Å². The van der Waals surface area contributed by atoms with Gasteiger partial charge in [-0.15, -0.1) is 79.4 Å². The number of thiophene rings is 7. The van der Waals surface area contributed by atoms with Crippen LogP contribution in [-0.4, -0.2) is 58.0 Å². The van der Waals surface area contributed by atoms with Crippen LogP contribution >= 0.6 is 79.4 Å². The lowest BCUT2D eigenvalue weighted by atomic mass is 9.88. The summed E-state index contributed by atoms with van der Waals surface area (Å²) < 4.78 is 5.60. The van der Waals surface area contributed by atoms with Gasteiger partial charge in [-0.2, -0.15) is 0 Å². The third-order valence-electron chi connectivity index (χ3n) is 29.1. The van der Waals surface area contributed by atoms with Gasteiger partial charge in [-0.05, 0) is 231 Å². The van der Waals surface area contributed by atoms with Crippen molar-refractivity contribution in [3.8, 4) is 29.3 Å². The largest absolute Gasteiger partial charge is 0.306 e. The van der Waals surface area contributed by atoms with Crippen molar-refractivity contribution in [2.75, 3.05) is 19.6 Å². The third kappa shape index (κ3) is 22.7. The molecule has 0 fully saturated rings. The highest BCUT2D eigenvalue weighted by Gasteiger charge is 2.51. The predicted octanol–water partition coefficient (Wildman–Crippen LogP) is 36.1. The minimum Gasteiger partial charge on any atom is -0.306 e. The highest BCUT2D eigenvalue weighted by Crippen LogP contribution is 2.57. The molecule has 2 aromatic carbocycles. The van der Waals surface area contributed by atoms with Crippen molar-refractivity contribution in [3.05, 3.63) is 113 Å². The van der Waals surface area contributed by atoms with Gasteiger partial charge in [-0.3, -0.25) is 24.1 Å². The molecule has 7 atom stereocenters. The van der Waals surface area contributed by atoms with Gasteiger partial charge in [0.15, 0.2) is 0 Å². The van der Waals surface area contributed by atoms with Crippen molar-refractivity contribution in [1.82, 2.24) is 14.7 Å². The maximum absolute atomic E-state index is 16.3. The van der Waals surface area contributed by atoms with Gasteiger partial charge in [0.1, 0.15) is 0 Å². The lowest BCUT2D eigenvalue weighted by Crippen LogP contribution is -2.34. The Balaban J connectivity index is 1.06. The molecule has 14 heteroatoms. The third-order valence-corrected chi connectivity index (χ3v) is 37.6. The van der Waals surface area contributed by atoms with E-state index in [0.717, 1.165) is 182 Å². The smallest absolute Gasteiger partial charge is 0.263 e. The predicted molar refractivity (Wildman–Crippen MR) is 550 cm³/mol. The Morgan fingerprint density at radius 3 is 0.944 bits per heavy atom. The van der Waals surface area contributed by atoms with E-state index in [4.69, 9.17) is 0 Å². The van der Waals surface area contributed by atoms with E-state index in [1.165, 1.54) is 223 Å². The molecule has 3 aliphatic rings. The van der Waals surface area contributed by atoms with Gasteiger partial charge >= 0.3 is 0 Å². The minimum atomic E-state index is -0.104. The van der Waals surface area contributed by atoms with Crippen molar-refractivity contribution in [2.24, 2.45) is 41.4 Å². The Hall–Kier alpha value is -5.06. The molecule has 0 N–H and O–H groups in total. The number of aryl methyl sites for hydroxylation is 6. The Morgan fingerprint density at radius 1 is 0.258 bits per heavy atom. The fraction of sp³-hybridized carbons (Fsp3) is 0.636. The maximum atomic E-state index is 16.3. The van der Waals surface area contributed by atoms with Gasteiger partial charge in [0, 0.05) is 67.7 Å². The monoisotopic (exact) mass is 1810 g/mol. The fourth-order valence-corrected chi connectivity index (χ4v) is 29.6. The average molecular weight is 1810 g/mol. The van der Waals surface area contributed by atoms with Crippen LogP contribution in [0.3, 0.4) is 0 Å². The van der Waals surface area contributed by atoms with Crippen LogP contribution in [0.1, 0.15) is 416 Å². The van der Waals surface area contributed by atoms with Crippen molar-refractivity contribution in [1.29, 1.82) is 0 Å². The topological polar surface area (TPSA) is 78.0 Å². The first-order valence-electron chi connectivity index (χ1n) is 50.7. The number of fused-ring (bicyclic) bond motifs is 6. The quantitative estimate of drug-likeness (QED) is 0.0281. The molecular formula is C110H157N3O4S7. The van der Waals surface area contributed by atoms with Crippen LogP contribution < -0.4 is 0 Å². The molecule has 0 aliphatic carbocycles. The molecule has 3 aliphatic heterocycles. The minimum absolute atomic E-state index is 0.00802. The average Bonchev–Trinajstić information content (AvgIpc) is 1.55. The molecule has 4 amide bonds. The number of imide groups is 1. The summed E-state index contributed by atoms with van der Waals surface area (Å²) in [5.74, 6) is 3.24. The van der Waals surface area contributed by atoms with Crippen LogP contribution in [0.15, 0.2) is 59.7 Å². The molecule has 0 saturated carbocycles. The van der Waals surface area contributed by atoms with Gasteiger partial charge in [0.25, 0.3) is 23.6 Å². The Kier molecular flexibility index (Phi) is 38.1. The number of hydrogen-bond donors (Lipinski definition) is 0. The van der Waals surface area contributed by atoms with Crippen molar-refractivity contribution < 1.29 is 19.2 Å². The Morgan fingerprint density at radius 2 is 0.573 bits per heavy atom. The number of unbranched alkanes of at least 4 members (excludes halogenated alkanes) is 13. The number of benzene rings is 2. The van der Waals surface area contributed by atoms with Gasteiger partial charge < -0.3 is 9.80 Å². The van der Waals surface area contributed by atoms with E-state index >= 15 is 19.2 Å². The molecule has 9 aromatic rings. The normalized spacial score (nSPS) is 15.7. The molecule has 12 rings (SSSR count). The van der Waals surface area contributed by atoms with Crippen LogP contribution in [-0.2, 0) is 35.3 Å². The Labute approximate surface area is 778 Å². The van der Waals surface area contributed by atoms with Crippen molar-refractivity contribution in [2.45, 2.75) is 393 Å². The number of carbonyl (C=O) groups excluding carboxylic acids is 4. The Bertz CT molecular complexity index is 4900. The molecule has 7 aromatic heterocycles.